The molecule has 8 heteroatoms. The highest BCUT2D eigenvalue weighted by Gasteiger charge is 2.21. The van der Waals surface area contributed by atoms with Crippen molar-refractivity contribution in [2.75, 3.05) is 19.4 Å². The number of ether oxygens (including phenoxy) is 1. The number of carbonyl (C=O) groups is 2. The van der Waals surface area contributed by atoms with Gasteiger partial charge in [-0.05, 0) is 38.2 Å². The molecule has 0 aromatic carbocycles. The van der Waals surface area contributed by atoms with Gasteiger partial charge < -0.3 is 10.1 Å². The summed E-state index contributed by atoms with van der Waals surface area (Å²) in [5.74, 6) is 0.269. The Balaban J connectivity index is 1.77. The SMILES string of the molecule is COC(=O)CNC(=O)CSc1nc(C)nc2sc3c(c12)CCCC3. The van der Waals surface area contributed by atoms with Gasteiger partial charge in [-0.25, -0.2) is 9.97 Å². The van der Waals surface area contributed by atoms with Gasteiger partial charge in [0.05, 0.1) is 12.9 Å². The molecule has 0 bridgehead atoms. The highest BCUT2D eigenvalue weighted by molar-refractivity contribution is 8.00. The van der Waals surface area contributed by atoms with Crippen LogP contribution in [0.2, 0.25) is 0 Å². The van der Waals surface area contributed by atoms with Gasteiger partial charge >= 0.3 is 5.97 Å². The topological polar surface area (TPSA) is 81.2 Å². The van der Waals surface area contributed by atoms with E-state index in [-0.39, 0.29) is 18.2 Å². The first kappa shape index (κ1) is 17.2. The third-order valence-corrected chi connectivity index (χ3v) is 6.05. The Morgan fingerprint density at radius 3 is 2.88 bits per heavy atom. The van der Waals surface area contributed by atoms with Crippen molar-refractivity contribution in [3.8, 4) is 0 Å². The number of nitrogens with one attached hydrogen (secondary N) is 1. The van der Waals surface area contributed by atoms with Crippen LogP contribution in [0.5, 0.6) is 0 Å². The number of nitrogens with zero attached hydrogens (tertiary/aromatic N) is 2. The Labute approximate surface area is 148 Å². The van der Waals surface area contributed by atoms with Crippen molar-refractivity contribution in [2.24, 2.45) is 0 Å². The molecule has 1 amide bonds. The van der Waals surface area contributed by atoms with Crippen molar-refractivity contribution in [1.29, 1.82) is 0 Å². The van der Waals surface area contributed by atoms with Crippen LogP contribution in [-0.2, 0) is 27.2 Å². The molecule has 0 spiro atoms. The predicted molar refractivity (Wildman–Crippen MR) is 94.5 cm³/mol. The van der Waals surface area contributed by atoms with E-state index < -0.39 is 5.97 Å². The maximum atomic E-state index is 11.9. The van der Waals surface area contributed by atoms with Gasteiger partial charge in [0.2, 0.25) is 5.91 Å². The molecule has 0 aliphatic heterocycles. The van der Waals surface area contributed by atoms with Gasteiger partial charge in [-0.3, -0.25) is 9.59 Å². The zero-order valence-corrected chi connectivity index (χ0v) is 15.3. The second-order valence-corrected chi connectivity index (χ2v) is 7.66. The minimum atomic E-state index is -0.458. The molecule has 0 saturated carbocycles. The maximum Gasteiger partial charge on any atom is 0.325 e. The number of esters is 1. The van der Waals surface area contributed by atoms with Crippen molar-refractivity contribution in [2.45, 2.75) is 37.6 Å². The van der Waals surface area contributed by atoms with Crippen molar-refractivity contribution in [1.82, 2.24) is 15.3 Å². The van der Waals surface area contributed by atoms with Crippen molar-refractivity contribution < 1.29 is 14.3 Å². The molecule has 2 aromatic rings. The number of carbonyl (C=O) groups excluding carboxylic acids is 2. The summed E-state index contributed by atoms with van der Waals surface area (Å²) in [5.41, 5.74) is 1.36. The Morgan fingerprint density at radius 2 is 2.08 bits per heavy atom. The molecule has 2 aromatic heterocycles. The Morgan fingerprint density at radius 1 is 1.29 bits per heavy atom. The van der Waals surface area contributed by atoms with Crippen LogP contribution < -0.4 is 5.32 Å². The van der Waals surface area contributed by atoms with Gasteiger partial charge in [0.15, 0.2) is 0 Å². The zero-order chi connectivity index (χ0) is 17.1. The summed E-state index contributed by atoms with van der Waals surface area (Å²) in [5, 5.41) is 4.53. The molecule has 1 N–H and O–H groups in total. The lowest BCUT2D eigenvalue weighted by atomic mass is 9.97. The molecular formula is C16H19N3O3S2. The van der Waals surface area contributed by atoms with Crippen LogP contribution in [0.25, 0.3) is 10.2 Å². The van der Waals surface area contributed by atoms with Crippen molar-refractivity contribution in [3.05, 3.63) is 16.3 Å². The average molecular weight is 365 g/mol. The number of amides is 1. The molecule has 128 valence electrons. The lowest BCUT2D eigenvalue weighted by Gasteiger charge is -2.11. The molecule has 2 heterocycles. The Bertz CT molecular complexity index is 788. The Hall–Kier alpha value is -1.67. The molecule has 1 aliphatic rings. The van der Waals surface area contributed by atoms with Crippen LogP contribution in [0.3, 0.4) is 0 Å². The standard InChI is InChI=1S/C16H19N3O3S2/c1-9-18-15(23-8-12(20)17-7-13(21)22-2)14-10-5-3-4-6-11(10)24-16(14)19-9/h3-8H2,1-2H3,(H,17,20). The minimum Gasteiger partial charge on any atom is -0.468 e. The van der Waals surface area contributed by atoms with Gasteiger partial charge in [-0.2, -0.15) is 0 Å². The van der Waals surface area contributed by atoms with Crippen LogP contribution in [0.4, 0.5) is 0 Å². The fourth-order valence-electron chi connectivity index (χ4n) is 2.76. The molecule has 1 aliphatic carbocycles. The van der Waals surface area contributed by atoms with E-state index in [4.69, 9.17) is 0 Å². The fraction of sp³-hybridized carbons (Fsp3) is 0.500. The number of aryl methyl sites for hydroxylation is 3. The van der Waals surface area contributed by atoms with Gasteiger partial charge in [0.1, 0.15) is 22.2 Å². The first-order valence-electron chi connectivity index (χ1n) is 7.83. The third-order valence-electron chi connectivity index (χ3n) is 3.89. The monoisotopic (exact) mass is 365 g/mol. The van der Waals surface area contributed by atoms with Crippen molar-refractivity contribution >= 4 is 45.2 Å². The summed E-state index contributed by atoms with van der Waals surface area (Å²) in [6, 6.07) is 0. The summed E-state index contributed by atoms with van der Waals surface area (Å²) < 4.78 is 4.51. The number of hydrogen-bond donors (Lipinski definition) is 1. The molecule has 3 rings (SSSR count). The number of thioether (sulfide) groups is 1. The first-order valence-corrected chi connectivity index (χ1v) is 9.64. The molecule has 0 atom stereocenters. The average Bonchev–Trinajstić information content (AvgIpc) is 2.95. The van der Waals surface area contributed by atoms with Gasteiger partial charge in [-0.15, -0.1) is 11.3 Å². The summed E-state index contributed by atoms with van der Waals surface area (Å²) in [7, 11) is 1.29. The van der Waals surface area contributed by atoms with Gasteiger partial charge in [-0.1, -0.05) is 11.8 Å². The number of hydrogen-bond acceptors (Lipinski definition) is 7. The number of methoxy groups -OCH3 is 1. The van der Waals surface area contributed by atoms with E-state index in [0.29, 0.717) is 0 Å². The summed E-state index contributed by atoms with van der Waals surface area (Å²) >= 11 is 3.15. The van der Waals surface area contributed by atoms with E-state index in [9.17, 15) is 9.59 Å². The number of fused-ring (bicyclic) bond motifs is 3. The molecule has 0 radical (unpaired) electrons. The van der Waals surface area contributed by atoms with E-state index in [1.807, 2.05) is 6.92 Å². The normalized spacial score (nSPS) is 13.6. The molecular weight excluding hydrogens is 346 g/mol. The van der Waals surface area contributed by atoms with E-state index in [1.165, 1.54) is 42.2 Å². The quantitative estimate of drug-likeness (QED) is 0.497. The van der Waals surface area contributed by atoms with Crippen molar-refractivity contribution in [3.63, 3.8) is 0 Å². The molecule has 24 heavy (non-hydrogen) atoms. The largest absolute Gasteiger partial charge is 0.468 e. The van der Waals surface area contributed by atoms with Crippen LogP contribution in [0.15, 0.2) is 5.03 Å². The second kappa shape index (κ2) is 7.48. The summed E-state index contributed by atoms with van der Waals surface area (Å²) in [4.78, 5) is 34.5. The number of rotatable bonds is 5. The molecule has 0 fully saturated rings. The molecule has 6 nitrogen and oxygen atoms in total. The highest BCUT2D eigenvalue weighted by atomic mass is 32.2. The second-order valence-electron chi connectivity index (χ2n) is 5.61. The summed E-state index contributed by atoms with van der Waals surface area (Å²) in [6.45, 7) is 1.77. The zero-order valence-electron chi connectivity index (χ0n) is 13.7. The number of thiophene rings is 1. The lowest BCUT2D eigenvalue weighted by molar-refractivity contribution is -0.140. The predicted octanol–water partition coefficient (Wildman–Crippen LogP) is 2.26. The van der Waals surface area contributed by atoms with E-state index >= 15 is 0 Å². The molecule has 0 unspecified atom stereocenters. The minimum absolute atomic E-state index is 0.109. The van der Waals surface area contributed by atoms with E-state index in [2.05, 4.69) is 20.0 Å². The van der Waals surface area contributed by atoms with Crippen LogP contribution in [0.1, 0.15) is 29.1 Å². The van der Waals surface area contributed by atoms with Crippen LogP contribution in [0, 0.1) is 6.92 Å². The number of aromatic nitrogens is 2. The van der Waals surface area contributed by atoms with E-state index in [0.717, 1.165) is 33.9 Å². The van der Waals surface area contributed by atoms with Gasteiger partial charge in [0, 0.05) is 10.3 Å². The maximum absolute atomic E-state index is 11.9. The molecule has 0 saturated heterocycles. The fourth-order valence-corrected chi connectivity index (χ4v) is 5.06. The smallest absolute Gasteiger partial charge is 0.325 e. The lowest BCUT2D eigenvalue weighted by Crippen LogP contribution is -2.31. The van der Waals surface area contributed by atoms with E-state index in [1.54, 1.807) is 11.3 Å². The van der Waals surface area contributed by atoms with Crippen LogP contribution >= 0.6 is 23.1 Å². The Kier molecular flexibility index (Phi) is 5.35. The highest BCUT2D eigenvalue weighted by Crippen LogP contribution is 2.39. The van der Waals surface area contributed by atoms with Crippen LogP contribution in [-0.4, -0.2) is 41.3 Å². The first-order chi connectivity index (χ1) is 11.6. The van der Waals surface area contributed by atoms with Gasteiger partial charge in [0.25, 0.3) is 0 Å². The summed E-state index contributed by atoms with van der Waals surface area (Å²) in [6.07, 6.45) is 4.59. The third kappa shape index (κ3) is 3.70.